The number of hydrogen-bond donors (Lipinski definition) is 2. The minimum Gasteiger partial charge on any atom is -0.345 e. The predicted octanol–water partition coefficient (Wildman–Crippen LogP) is 5.49. The number of benzene rings is 3. The van der Waals surface area contributed by atoms with Gasteiger partial charge in [-0.15, -0.1) is 0 Å². The summed E-state index contributed by atoms with van der Waals surface area (Å²) in [7, 11) is 0. The Morgan fingerprint density at radius 2 is 1.57 bits per heavy atom. The van der Waals surface area contributed by atoms with Crippen molar-refractivity contribution < 1.29 is 9.59 Å². The first-order valence-corrected chi connectivity index (χ1v) is 9.44. The van der Waals surface area contributed by atoms with E-state index in [2.05, 4.69) is 10.6 Å². The number of anilines is 1. The van der Waals surface area contributed by atoms with Crippen LogP contribution < -0.4 is 10.6 Å². The lowest BCUT2D eigenvalue weighted by atomic mass is 10.0. The SMILES string of the molecule is O=C(CC(NC(=O)c1ccccc1Cl)c1ccccc1)Nc1cccc(Cl)c1. The molecule has 2 N–H and O–H groups in total. The predicted molar refractivity (Wildman–Crippen MR) is 113 cm³/mol. The highest BCUT2D eigenvalue weighted by atomic mass is 35.5. The number of carbonyl (C=O) groups is 2. The fourth-order valence-electron chi connectivity index (χ4n) is 2.78. The Hall–Kier alpha value is -2.82. The molecule has 6 heteroatoms. The number of rotatable bonds is 6. The lowest BCUT2D eigenvalue weighted by Gasteiger charge is -2.19. The maximum atomic E-state index is 12.7. The van der Waals surface area contributed by atoms with Crippen LogP contribution in [0.25, 0.3) is 0 Å². The minimum absolute atomic E-state index is 0.0622. The summed E-state index contributed by atoms with van der Waals surface area (Å²) in [6, 6.07) is 22.5. The van der Waals surface area contributed by atoms with Gasteiger partial charge in [0.2, 0.25) is 5.91 Å². The van der Waals surface area contributed by atoms with Gasteiger partial charge >= 0.3 is 0 Å². The van der Waals surface area contributed by atoms with Crippen molar-refractivity contribution in [3.63, 3.8) is 0 Å². The molecule has 0 aromatic heterocycles. The summed E-state index contributed by atoms with van der Waals surface area (Å²) in [5, 5.41) is 6.60. The van der Waals surface area contributed by atoms with Gasteiger partial charge in [-0.05, 0) is 35.9 Å². The first kappa shape index (κ1) is 19.9. The van der Waals surface area contributed by atoms with Crippen molar-refractivity contribution in [2.24, 2.45) is 0 Å². The van der Waals surface area contributed by atoms with Crippen LogP contribution in [0, 0.1) is 0 Å². The number of halogens is 2. The molecule has 0 aliphatic carbocycles. The van der Waals surface area contributed by atoms with E-state index in [-0.39, 0.29) is 18.2 Å². The lowest BCUT2D eigenvalue weighted by Crippen LogP contribution is -2.31. The molecule has 0 aliphatic rings. The van der Waals surface area contributed by atoms with Crippen LogP contribution in [-0.4, -0.2) is 11.8 Å². The fourth-order valence-corrected chi connectivity index (χ4v) is 3.19. The summed E-state index contributed by atoms with van der Waals surface area (Å²) in [5.41, 5.74) is 1.78. The van der Waals surface area contributed by atoms with E-state index in [1.165, 1.54) is 0 Å². The molecule has 0 bridgehead atoms. The van der Waals surface area contributed by atoms with Crippen LogP contribution in [0.5, 0.6) is 0 Å². The molecule has 3 aromatic carbocycles. The van der Waals surface area contributed by atoms with Crippen molar-refractivity contribution in [2.45, 2.75) is 12.5 Å². The van der Waals surface area contributed by atoms with E-state index < -0.39 is 6.04 Å². The molecule has 0 heterocycles. The quantitative estimate of drug-likeness (QED) is 0.561. The van der Waals surface area contributed by atoms with Gasteiger partial charge in [0.05, 0.1) is 23.0 Å². The standard InChI is InChI=1S/C22H18Cl2N2O2/c23-16-9-6-10-17(13-16)25-21(27)14-20(15-7-2-1-3-8-15)26-22(28)18-11-4-5-12-19(18)24/h1-13,20H,14H2,(H,25,27)(H,26,28). The summed E-state index contributed by atoms with van der Waals surface area (Å²) in [4.78, 5) is 25.2. The van der Waals surface area contributed by atoms with E-state index in [1.54, 1.807) is 48.5 Å². The van der Waals surface area contributed by atoms with Crippen LogP contribution in [0.3, 0.4) is 0 Å². The van der Waals surface area contributed by atoms with Crippen molar-refractivity contribution >= 4 is 40.7 Å². The van der Waals surface area contributed by atoms with Crippen LogP contribution in [0.1, 0.15) is 28.4 Å². The van der Waals surface area contributed by atoms with E-state index in [0.717, 1.165) is 5.56 Å². The second-order valence-electron chi connectivity index (χ2n) is 6.18. The Labute approximate surface area is 173 Å². The van der Waals surface area contributed by atoms with Gasteiger partial charge in [0.15, 0.2) is 0 Å². The molecule has 3 rings (SSSR count). The van der Waals surface area contributed by atoms with Crippen LogP contribution in [0.2, 0.25) is 10.0 Å². The van der Waals surface area contributed by atoms with Crippen LogP contribution in [0.4, 0.5) is 5.69 Å². The van der Waals surface area contributed by atoms with Gasteiger partial charge in [-0.1, -0.05) is 71.7 Å². The van der Waals surface area contributed by atoms with E-state index >= 15 is 0 Å². The summed E-state index contributed by atoms with van der Waals surface area (Å²) in [6.07, 6.45) is 0.0622. The maximum absolute atomic E-state index is 12.7. The van der Waals surface area contributed by atoms with Crippen molar-refractivity contribution in [1.82, 2.24) is 5.32 Å². The molecule has 0 aliphatic heterocycles. The van der Waals surface area contributed by atoms with E-state index in [1.807, 2.05) is 30.3 Å². The summed E-state index contributed by atoms with van der Waals surface area (Å²) in [5.74, 6) is -0.578. The topological polar surface area (TPSA) is 58.2 Å². The van der Waals surface area contributed by atoms with E-state index in [4.69, 9.17) is 23.2 Å². The van der Waals surface area contributed by atoms with Crippen LogP contribution in [0.15, 0.2) is 78.9 Å². The Bertz CT molecular complexity index is 977. The molecule has 4 nitrogen and oxygen atoms in total. The highest BCUT2D eigenvalue weighted by molar-refractivity contribution is 6.33. The lowest BCUT2D eigenvalue weighted by molar-refractivity contribution is -0.116. The second-order valence-corrected chi connectivity index (χ2v) is 7.02. The van der Waals surface area contributed by atoms with Crippen LogP contribution in [-0.2, 0) is 4.79 Å². The minimum atomic E-state index is -0.510. The number of amides is 2. The zero-order valence-corrected chi connectivity index (χ0v) is 16.4. The Morgan fingerprint density at radius 3 is 2.29 bits per heavy atom. The molecule has 28 heavy (non-hydrogen) atoms. The average molecular weight is 413 g/mol. The van der Waals surface area contributed by atoms with Crippen molar-refractivity contribution in [2.75, 3.05) is 5.32 Å². The van der Waals surface area contributed by atoms with Gasteiger partial charge in [0.1, 0.15) is 0 Å². The van der Waals surface area contributed by atoms with Gasteiger partial charge in [-0.25, -0.2) is 0 Å². The summed E-state index contributed by atoms with van der Waals surface area (Å²) < 4.78 is 0. The molecule has 2 amide bonds. The van der Waals surface area contributed by atoms with Gasteiger partial charge in [-0.3, -0.25) is 9.59 Å². The molecule has 3 aromatic rings. The normalized spacial score (nSPS) is 11.5. The fraction of sp³-hybridized carbons (Fsp3) is 0.0909. The molecular weight excluding hydrogens is 395 g/mol. The maximum Gasteiger partial charge on any atom is 0.253 e. The average Bonchev–Trinajstić information content (AvgIpc) is 2.68. The monoisotopic (exact) mass is 412 g/mol. The molecular formula is C22H18Cl2N2O2. The van der Waals surface area contributed by atoms with Crippen LogP contribution >= 0.6 is 23.2 Å². The first-order chi connectivity index (χ1) is 13.5. The Balaban J connectivity index is 1.77. The highest BCUT2D eigenvalue weighted by Gasteiger charge is 2.20. The van der Waals surface area contributed by atoms with Gasteiger partial charge < -0.3 is 10.6 Å². The first-order valence-electron chi connectivity index (χ1n) is 8.68. The van der Waals surface area contributed by atoms with Gasteiger partial charge in [-0.2, -0.15) is 0 Å². The third-order valence-electron chi connectivity index (χ3n) is 4.12. The molecule has 1 atom stereocenters. The zero-order chi connectivity index (χ0) is 19.9. The largest absolute Gasteiger partial charge is 0.345 e. The molecule has 1 unspecified atom stereocenters. The van der Waals surface area contributed by atoms with Gasteiger partial charge in [0.25, 0.3) is 5.91 Å². The summed E-state index contributed by atoms with van der Waals surface area (Å²) in [6.45, 7) is 0. The van der Waals surface area contributed by atoms with Crippen molar-refractivity contribution in [3.05, 3.63) is 100 Å². The molecule has 142 valence electrons. The molecule has 0 radical (unpaired) electrons. The third-order valence-corrected chi connectivity index (χ3v) is 4.69. The van der Waals surface area contributed by atoms with E-state index in [0.29, 0.717) is 21.3 Å². The van der Waals surface area contributed by atoms with Gasteiger partial charge in [0, 0.05) is 10.7 Å². The molecule has 0 spiro atoms. The Morgan fingerprint density at radius 1 is 0.857 bits per heavy atom. The molecule has 0 saturated heterocycles. The zero-order valence-electron chi connectivity index (χ0n) is 14.9. The summed E-state index contributed by atoms with van der Waals surface area (Å²) >= 11 is 12.1. The molecule has 0 fully saturated rings. The third kappa shape index (κ3) is 5.35. The second kappa shape index (κ2) is 9.40. The highest BCUT2D eigenvalue weighted by Crippen LogP contribution is 2.22. The smallest absolute Gasteiger partial charge is 0.253 e. The molecule has 0 saturated carbocycles. The number of hydrogen-bond acceptors (Lipinski definition) is 2. The Kier molecular flexibility index (Phi) is 6.69. The van der Waals surface area contributed by atoms with E-state index in [9.17, 15) is 9.59 Å². The number of carbonyl (C=O) groups excluding carboxylic acids is 2. The van der Waals surface area contributed by atoms with Crippen molar-refractivity contribution in [3.8, 4) is 0 Å². The van der Waals surface area contributed by atoms with Crippen molar-refractivity contribution in [1.29, 1.82) is 0 Å². The number of nitrogens with one attached hydrogen (secondary N) is 2.